The number of methoxy groups -OCH3 is 1. The van der Waals surface area contributed by atoms with Gasteiger partial charge in [0.15, 0.2) is 11.5 Å². The van der Waals surface area contributed by atoms with E-state index in [2.05, 4.69) is 0 Å². The molecule has 19 heavy (non-hydrogen) atoms. The van der Waals surface area contributed by atoms with E-state index in [9.17, 15) is 5.11 Å². The van der Waals surface area contributed by atoms with Crippen LogP contribution in [0.2, 0.25) is 0 Å². The molecule has 1 aliphatic rings. The fraction of sp³-hybridized carbons (Fsp3) is 0.600. The van der Waals surface area contributed by atoms with Gasteiger partial charge in [-0.3, -0.25) is 0 Å². The van der Waals surface area contributed by atoms with Crippen molar-refractivity contribution in [2.45, 2.75) is 38.4 Å². The summed E-state index contributed by atoms with van der Waals surface area (Å²) in [5, 5.41) is 9.45. The van der Waals surface area contributed by atoms with Crippen molar-refractivity contribution in [2.75, 3.05) is 20.3 Å². The van der Waals surface area contributed by atoms with E-state index >= 15 is 0 Å². The predicted octanol–water partition coefficient (Wildman–Crippen LogP) is 2.18. The molecular weight excluding hydrogens is 244 g/mol. The second-order valence-corrected chi connectivity index (χ2v) is 5.00. The highest BCUT2D eigenvalue weighted by Crippen LogP contribution is 2.30. The average Bonchev–Trinajstić information content (AvgIpc) is 2.39. The van der Waals surface area contributed by atoms with Gasteiger partial charge in [-0.1, -0.05) is 6.07 Å². The summed E-state index contributed by atoms with van der Waals surface area (Å²) >= 11 is 0. The highest BCUT2D eigenvalue weighted by Gasteiger charge is 2.17. The number of benzene rings is 1. The third-order valence-electron chi connectivity index (χ3n) is 3.17. The summed E-state index contributed by atoms with van der Waals surface area (Å²) in [4.78, 5) is 0. The lowest BCUT2D eigenvalue weighted by atomic mass is 10.1. The number of aliphatic hydroxyl groups is 1. The second-order valence-electron chi connectivity index (χ2n) is 5.00. The largest absolute Gasteiger partial charge is 0.493 e. The van der Waals surface area contributed by atoms with Crippen molar-refractivity contribution >= 4 is 0 Å². The van der Waals surface area contributed by atoms with E-state index in [4.69, 9.17) is 14.2 Å². The molecule has 1 saturated heterocycles. The first-order chi connectivity index (χ1) is 9.19. The molecule has 4 heteroatoms. The minimum atomic E-state index is -0.362. The van der Waals surface area contributed by atoms with Crippen LogP contribution in [0.3, 0.4) is 0 Å². The Kier molecular flexibility index (Phi) is 5.05. The van der Waals surface area contributed by atoms with Gasteiger partial charge in [-0.15, -0.1) is 0 Å². The number of hydrogen-bond donors (Lipinski definition) is 1. The van der Waals surface area contributed by atoms with E-state index in [-0.39, 0.29) is 12.2 Å². The van der Waals surface area contributed by atoms with Crippen molar-refractivity contribution in [3.05, 3.63) is 23.8 Å². The zero-order chi connectivity index (χ0) is 13.7. The molecule has 106 valence electrons. The van der Waals surface area contributed by atoms with Crippen molar-refractivity contribution < 1.29 is 19.3 Å². The third-order valence-corrected chi connectivity index (χ3v) is 3.17. The summed E-state index contributed by atoms with van der Waals surface area (Å²) in [7, 11) is 1.63. The van der Waals surface area contributed by atoms with E-state index in [1.165, 1.54) is 0 Å². The van der Waals surface area contributed by atoms with Gasteiger partial charge in [0.05, 0.1) is 19.8 Å². The maximum absolute atomic E-state index is 9.45. The van der Waals surface area contributed by atoms with Gasteiger partial charge in [0.1, 0.15) is 6.10 Å². The number of aliphatic hydroxyl groups excluding tert-OH is 1. The summed E-state index contributed by atoms with van der Waals surface area (Å²) in [6, 6.07) is 5.78. The predicted molar refractivity (Wildman–Crippen MR) is 72.8 cm³/mol. The quantitative estimate of drug-likeness (QED) is 0.887. The average molecular weight is 266 g/mol. The molecule has 1 fully saturated rings. The molecule has 0 amide bonds. The van der Waals surface area contributed by atoms with Crippen LogP contribution in [0, 0.1) is 0 Å². The van der Waals surface area contributed by atoms with Gasteiger partial charge in [0.2, 0.25) is 0 Å². The van der Waals surface area contributed by atoms with Crippen molar-refractivity contribution in [1.29, 1.82) is 0 Å². The first-order valence-corrected chi connectivity index (χ1v) is 6.78. The van der Waals surface area contributed by atoms with Crippen molar-refractivity contribution in [3.8, 4) is 11.5 Å². The first-order valence-electron chi connectivity index (χ1n) is 6.78. The lowest BCUT2D eigenvalue weighted by molar-refractivity contribution is 0.00640. The Balaban J connectivity index is 2.10. The van der Waals surface area contributed by atoms with Crippen LogP contribution in [0.15, 0.2) is 18.2 Å². The molecule has 0 saturated carbocycles. The maximum Gasteiger partial charge on any atom is 0.161 e. The normalized spacial score (nSPS) is 20.9. The molecule has 0 bridgehead atoms. The van der Waals surface area contributed by atoms with Crippen LogP contribution in [0.4, 0.5) is 0 Å². The van der Waals surface area contributed by atoms with Crippen molar-refractivity contribution in [1.82, 2.24) is 0 Å². The minimum absolute atomic E-state index is 0.0875. The van der Waals surface area contributed by atoms with Crippen LogP contribution in [-0.2, 0) is 11.2 Å². The van der Waals surface area contributed by atoms with Crippen LogP contribution >= 0.6 is 0 Å². The highest BCUT2D eigenvalue weighted by atomic mass is 16.5. The van der Waals surface area contributed by atoms with E-state index in [1.54, 1.807) is 14.0 Å². The van der Waals surface area contributed by atoms with Crippen LogP contribution < -0.4 is 9.47 Å². The fourth-order valence-corrected chi connectivity index (χ4v) is 2.26. The molecule has 0 radical (unpaired) electrons. The molecule has 1 heterocycles. The third kappa shape index (κ3) is 4.11. The zero-order valence-corrected chi connectivity index (χ0v) is 11.6. The van der Waals surface area contributed by atoms with E-state index < -0.39 is 0 Å². The summed E-state index contributed by atoms with van der Waals surface area (Å²) < 4.78 is 16.7. The highest BCUT2D eigenvalue weighted by molar-refractivity contribution is 5.43. The van der Waals surface area contributed by atoms with Gasteiger partial charge in [0, 0.05) is 6.61 Å². The zero-order valence-electron chi connectivity index (χ0n) is 11.6. The van der Waals surface area contributed by atoms with Gasteiger partial charge >= 0.3 is 0 Å². The topological polar surface area (TPSA) is 47.9 Å². The monoisotopic (exact) mass is 266 g/mol. The van der Waals surface area contributed by atoms with Gasteiger partial charge in [-0.2, -0.15) is 0 Å². The number of ether oxygens (including phenoxy) is 3. The van der Waals surface area contributed by atoms with Gasteiger partial charge in [-0.05, 0) is 43.9 Å². The Morgan fingerprint density at radius 1 is 1.42 bits per heavy atom. The van der Waals surface area contributed by atoms with Gasteiger partial charge in [0.25, 0.3) is 0 Å². The summed E-state index contributed by atoms with van der Waals surface area (Å²) in [6.07, 6.45) is 2.37. The first kappa shape index (κ1) is 14.2. The molecule has 0 spiro atoms. The Morgan fingerprint density at radius 2 is 2.26 bits per heavy atom. The molecule has 1 N–H and O–H groups in total. The van der Waals surface area contributed by atoms with Crippen LogP contribution in [0.1, 0.15) is 25.3 Å². The standard InChI is InChI=1S/C15H22O4/c1-11(16)8-12-5-6-14(17-2)15(9-12)19-13-4-3-7-18-10-13/h5-6,9,11,13,16H,3-4,7-8,10H2,1-2H3. The molecule has 2 atom stereocenters. The molecule has 1 aromatic rings. The molecular formula is C15H22O4. The Morgan fingerprint density at radius 3 is 2.89 bits per heavy atom. The molecule has 1 aliphatic heterocycles. The SMILES string of the molecule is COc1ccc(CC(C)O)cc1OC1CCCOC1. The molecule has 0 aliphatic carbocycles. The van der Waals surface area contributed by atoms with Gasteiger partial charge < -0.3 is 19.3 Å². The van der Waals surface area contributed by atoms with E-state index in [1.807, 2.05) is 18.2 Å². The van der Waals surface area contributed by atoms with Gasteiger partial charge in [-0.25, -0.2) is 0 Å². The van der Waals surface area contributed by atoms with Crippen LogP contribution in [0.25, 0.3) is 0 Å². The molecule has 1 aromatic carbocycles. The molecule has 4 nitrogen and oxygen atoms in total. The van der Waals surface area contributed by atoms with E-state index in [0.29, 0.717) is 13.0 Å². The molecule has 0 aromatic heterocycles. The Labute approximate surface area is 114 Å². The van der Waals surface area contributed by atoms with E-state index in [0.717, 1.165) is 36.5 Å². The molecule has 2 unspecified atom stereocenters. The lowest BCUT2D eigenvalue weighted by Gasteiger charge is -2.24. The number of rotatable bonds is 5. The smallest absolute Gasteiger partial charge is 0.161 e. The van der Waals surface area contributed by atoms with Crippen molar-refractivity contribution in [2.24, 2.45) is 0 Å². The maximum atomic E-state index is 9.45. The van der Waals surface area contributed by atoms with Crippen LogP contribution in [0.5, 0.6) is 11.5 Å². The van der Waals surface area contributed by atoms with Crippen molar-refractivity contribution in [3.63, 3.8) is 0 Å². The lowest BCUT2D eigenvalue weighted by Crippen LogP contribution is -2.28. The summed E-state index contributed by atoms with van der Waals surface area (Å²) in [6.45, 7) is 3.22. The number of hydrogen-bond acceptors (Lipinski definition) is 4. The minimum Gasteiger partial charge on any atom is -0.493 e. The molecule has 2 rings (SSSR count). The fourth-order valence-electron chi connectivity index (χ4n) is 2.26. The second kappa shape index (κ2) is 6.78. The Hall–Kier alpha value is -1.26. The summed E-state index contributed by atoms with van der Waals surface area (Å²) in [5.74, 6) is 1.45. The van der Waals surface area contributed by atoms with Crippen LogP contribution in [-0.4, -0.2) is 37.6 Å². The Bertz CT molecular complexity index is 397. The summed E-state index contributed by atoms with van der Waals surface area (Å²) in [5.41, 5.74) is 1.04.